The lowest BCUT2D eigenvalue weighted by Gasteiger charge is -2.20. The van der Waals surface area contributed by atoms with Gasteiger partial charge in [0, 0.05) is 24.5 Å². The van der Waals surface area contributed by atoms with Gasteiger partial charge in [-0.1, -0.05) is 20.8 Å². The van der Waals surface area contributed by atoms with E-state index in [1.807, 2.05) is 20.8 Å². The molecule has 17 heavy (non-hydrogen) atoms. The highest BCUT2D eigenvalue weighted by atomic mass is 32.2. The van der Waals surface area contributed by atoms with Crippen LogP contribution in [0.15, 0.2) is 28.2 Å². The Morgan fingerprint density at radius 1 is 1.41 bits per heavy atom. The summed E-state index contributed by atoms with van der Waals surface area (Å²) < 4.78 is 26.5. The SMILES string of the molecule is CCC(NS(=O)(=O)c1c[nH]ccc1=O)C(C)C. The summed E-state index contributed by atoms with van der Waals surface area (Å²) in [6.45, 7) is 5.78. The third-order valence-corrected chi connectivity index (χ3v) is 4.14. The van der Waals surface area contributed by atoms with Crippen LogP contribution in [0.3, 0.4) is 0 Å². The molecule has 0 amide bonds. The van der Waals surface area contributed by atoms with Crippen LogP contribution in [0.4, 0.5) is 0 Å². The first-order valence-electron chi connectivity index (χ1n) is 5.58. The molecular weight excluding hydrogens is 240 g/mol. The lowest BCUT2D eigenvalue weighted by molar-refractivity contribution is 0.437. The van der Waals surface area contributed by atoms with Crippen LogP contribution in [0.25, 0.3) is 0 Å². The lowest BCUT2D eigenvalue weighted by Crippen LogP contribution is -2.39. The summed E-state index contributed by atoms with van der Waals surface area (Å²) in [6.07, 6.45) is 3.29. The highest BCUT2D eigenvalue weighted by Gasteiger charge is 2.23. The molecule has 1 heterocycles. The maximum atomic E-state index is 12.0. The number of nitrogens with one attached hydrogen (secondary N) is 2. The van der Waals surface area contributed by atoms with Crippen molar-refractivity contribution in [3.05, 3.63) is 28.7 Å². The average molecular weight is 258 g/mol. The van der Waals surface area contributed by atoms with Gasteiger partial charge in [-0.15, -0.1) is 0 Å². The van der Waals surface area contributed by atoms with Crippen LogP contribution >= 0.6 is 0 Å². The third-order valence-electron chi connectivity index (χ3n) is 2.63. The minimum absolute atomic E-state index is 0.167. The molecule has 96 valence electrons. The molecule has 1 atom stereocenters. The Labute approximate surface area is 101 Å². The number of aromatic nitrogens is 1. The van der Waals surface area contributed by atoms with Crippen LogP contribution in [-0.4, -0.2) is 19.4 Å². The van der Waals surface area contributed by atoms with E-state index >= 15 is 0 Å². The van der Waals surface area contributed by atoms with Crippen molar-refractivity contribution in [3.8, 4) is 0 Å². The van der Waals surface area contributed by atoms with Crippen LogP contribution < -0.4 is 10.2 Å². The Kier molecular flexibility index (Phi) is 4.47. The van der Waals surface area contributed by atoms with Gasteiger partial charge in [0.25, 0.3) is 0 Å². The summed E-state index contributed by atoms with van der Waals surface area (Å²) >= 11 is 0. The number of H-pyrrole nitrogens is 1. The summed E-state index contributed by atoms with van der Waals surface area (Å²) in [5, 5.41) is 0. The maximum absolute atomic E-state index is 12.0. The van der Waals surface area contributed by atoms with Crippen LogP contribution in [0, 0.1) is 5.92 Å². The first kappa shape index (κ1) is 13.9. The first-order valence-corrected chi connectivity index (χ1v) is 7.06. The fraction of sp³-hybridized carbons (Fsp3) is 0.545. The molecule has 1 aromatic rings. The van der Waals surface area contributed by atoms with Gasteiger partial charge in [0.15, 0.2) is 0 Å². The van der Waals surface area contributed by atoms with E-state index in [9.17, 15) is 13.2 Å². The Morgan fingerprint density at radius 3 is 2.53 bits per heavy atom. The molecule has 1 unspecified atom stereocenters. The number of hydrogen-bond acceptors (Lipinski definition) is 3. The topological polar surface area (TPSA) is 79.0 Å². The van der Waals surface area contributed by atoms with Gasteiger partial charge in [-0.2, -0.15) is 0 Å². The largest absolute Gasteiger partial charge is 0.366 e. The molecule has 0 aliphatic heterocycles. The van der Waals surface area contributed by atoms with Gasteiger partial charge in [-0.05, 0) is 12.3 Å². The zero-order valence-corrected chi connectivity index (χ0v) is 11.0. The molecule has 0 spiro atoms. The molecule has 1 rings (SSSR count). The van der Waals surface area contributed by atoms with E-state index in [1.165, 1.54) is 18.5 Å². The molecule has 0 saturated carbocycles. The Hall–Kier alpha value is -1.14. The second-order valence-electron chi connectivity index (χ2n) is 4.25. The molecule has 2 N–H and O–H groups in total. The van der Waals surface area contributed by atoms with Crippen molar-refractivity contribution in [2.24, 2.45) is 5.92 Å². The average Bonchev–Trinajstić information content (AvgIpc) is 2.26. The molecule has 1 aromatic heterocycles. The van der Waals surface area contributed by atoms with E-state index in [-0.39, 0.29) is 16.9 Å². The minimum Gasteiger partial charge on any atom is -0.366 e. The maximum Gasteiger partial charge on any atom is 0.246 e. The van der Waals surface area contributed by atoms with Crippen LogP contribution in [0.5, 0.6) is 0 Å². The zero-order valence-electron chi connectivity index (χ0n) is 10.2. The summed E-state index contributed by atoms with van der Waals surface area (Å²) in [5.74, 6) is 0.178. The summed E-state index contributed by atoms with van der Waals surface area (Å²) in [4.78, 5) is 13.8. The fourth-order valence-electron chi connectivity index (χ4n) is 1.56. The Morgan fingerprint density at radius 2 is 2.06 bits per heavy atom. The van der Waals surface area contributed by atoms with Crippen LogP contribution in [0.2, 0.25) is 0 Å². The van der Waals surface area contributed by atoms with Crippen LogP contribution in [0.1, 0.15) is 27.2 Å². The number of sulfonamides is 1. The predicted molar refractivity (Wildman–Crippen MR) is 66.3 cm³/mol. The molecule has 0 aromatic carbocycles. The van der Waals surface area contributed by atoms with Crippen molar-refractivity contribution < 1.29 is 8.42 Å². The molecule has 0 radical (unpaired) electrons. The molecule has 5 nitrogen and oxygen atoms in total. The fourth-order valence-corrected chi connectivity index (χ4v) is 3.08. The highest BCUT2D eigenvalue weighted by Crippen LogP contribution is 2.10. The second-order valence-corrected chi connectivity index (χ2v) is 5.94. The molecule has 0 bridgehead atoms. The van der Waals surface area contributed by atoms with E-state index in [1.54, 1.807) is 0 Å². The Bertz CT molecular complexity index is 520. The van der Waals surface area contributed by atoms with Gasteiger partial charge < -0.3 is 4.98 Å². The first-order chi connectivity index (χ1) is 7.88. The quantitative estimate of drug-likeness (QED) is 0.829. The third kappa shape index (κ3) is 3.41. The van der Waals surface area contributed by atoms with Crippen molar-refractivity contribution in [2.75, 3.05) is 0 Å². The highest BCUT2D eigenvalue weighted by molar-refractivity contribution is 7.89. The molecule has 0 fully saturated rings. The van der Waals surface area contributed by atoms with Crippen molar-refractivity contribution >= 4 is 10.0 Å². The number of pyridine rings is 1. The number of hydrogen-bond donors (Lipinski definition) is 2. The van der Waals surface area contributed by atoms with E-state index in [4.69, 9.17) is 0 Å². The standard InChI is InChI=1S/C11H18N2O3S/c1-4-9(8(2)3)13-17(15,16)11-7-12-6-5-10(11)14/h5-9,13H,4H2,1-3H3,(H,12,14). The minimum atomic E-state index is -3.74. The molecule has 0 aliphatic carbocycles. The number of aromatic amines is 1. The second kappa shape index (κ2) is 5.46. The zero-order chi connectivity index (χ0) is 13.1. The van der Waals surface area contributed by atoms with Crippen molar-refractivity contribution in [3.63, 3.8) is 0 Å². The predicted octanol–water partition coefficient (Wildman–Crippen LogP) is 1.09. The van der Waals surface area contributed by atoms with Gasteiger partial charge in [-0.3, -0.25) is 4.79 Å². The molecule has 6 heteroatoms. The van der Waals surface area contributed by atoms with Crippen molar-refractivity contribution in [1.29, 1.82) is 0 Å². The smallest absolute Gasteiger partial charge is 0.246 e. The number of rotatable bonds is 5. The van der Waals surface area contributed by atoms with Gasteiger partial charge >= 0.3 is 0 Å². The normalized spacial score (nSPS) is 13.9. The Balaban J connectivity index is 3.05. The molecular formula is C11H18N2O3S. The summed E-state index contributed by atoms with van der Waals surface area (Å²) in [5.41, 5.74) is -0.505. The van der Waals surface area contributed by atoms with Gasteiger partial charge in [0.2, 0.25) is 15.5 Å². The van der Waals surface area contributed by atoms with Gasteiger partial charge in [0.05, 0.1) is 0 Å². The lowest BCUT2D eigenvalue weighted by atomic mass is 10.0. The molecule has 0 saturated heterocycles. The van der Waals surface area contributed by atoms with E-state index in [2.05, 4.69) is 9.71 Å². The van der Waals surface area contributed by atoms with Crippen molar-refractivity contribution in [2.45, 2.75) is 38.1 Å². The van der Waals surface area contributed by atoms with Gasteiger partial charge in [-0.25, -0.2) is 13.1 Å². The molecule has 0 aliphatic rings. The summed E-state index contributed by atoms with van der Waals surface area (Å²) in [6, 6.07) is 1.03. The van der Waals surface area contributed by atoms with Gasteiger partial charge in [0.1, 0.15) is 4.90 Å². The van der Waals surface area contributed by atoms with E-state index < -0.39 is 15.5 Å². The van der Waals surface area contributed by atoms with E-state index in [0.29, 0.717) is 6.42 Å². The van der Waals surface area contributed by atoms with Crippen LogP contribution in [-0.2, 0) is 10.0 Å². The summed E-state index contributed by atoms with van der Waals surface area (Å²) in [7, 11) is -3.74. The van der Waals surface area contributed by atoms with Crippen molar-refractivity contribution in [1.82, 2.24) is 9.71 Å². The van der Waals surface area contributed by atoms with E-state index in [0.717, 1.165) is 0 Å². The monoisotopic (exact) mass is 258 g/mol.